The van der Waals surface area contributed by atoms with Crippen molar-refractivity contribution in [3.63, 3.8) is 0 Å². The Morgan fingerprint density at radius 1 is 0.579 bits per heavy atom. The van der Waals surface area contributed by atoms with E-state index in [0.29, 0.717) is 6.42 Å². The SMILES string of the molecule is NCCCCC(NC(=O)C(CO)NC(=O)C1CCNc2c(NC(=O)CCC(N)=O)cc3cc(O)c(=O)cc-3n21)C(=O)NCC(=O)NC(CCCN(O)C=O)C(=O)NC(CO)C(=O)NC(CO)C(=O)NCC(=O)NC1CCCCNC(=O)C(CO)NC(=O)C(CCC(=O)O)NC(=O)C(CCCN(O)C=O)NC1=O. The van der Waals surface area contributed by atoms with Crippen molar-refractivity contribution in [2.45, 2.75) is 157 Å². The predicted octanol–water partition coefficient (Wildman–Crippen LogP) is -10.7. The van der Waals surface area contributed by atoms with Gasteiger partial charge in [-0.15, -0.1) is 0 Å². The second kappa shape index (κ2) is 45.2. The number of aromatic hydroxyl groups is 1. The number of unbranched alkanes of at least 4 members (excludes halogenated alkanes) is 1. The largest absolute Gasteiger partial charge is 0.504 e. The number of hydrogen-bond acceptors (Lipinski definition) is 27. The summed E-state index contributed by atoms with van der Waals surface area (Å²) in [5.41, 5.74) is 10.4. The average Bonchev–Trinajstić information content (AvgIpc) is 0.748. The van der Waals surface area contributed by atoms with E-state index in [2.05, 4.69) is 74.4 Å². The summed E-state index contributed by atoms with van der Waals surface area (Å²) in [6.07, 6.45) is -2.68. The quantitative estimate of drug-likeness (QED) is 0.0127. The van der Waals surface area contributed by atoms with Crippen molar-refractivity contribution in [1.82, 2.24) is 78.5 Å². The van der Waals surface area contributed by atoms with E-state index in [1.165, 1.54) is 10.6 Å². The highest BCUT2D eigenvalue weighted by molar-refractivity contribution is 6.01. The number of hydrogen-bond donors (Lipinski definition) is 24. The number of carbonyl (C=O) groups excluding carboxylic acids is 16. The third-order valence-corrected chi connectivity index (χ3v) is 16.5. The third kappa shape index (κ3) is 29.0. The third-order valence-electron chi connectivity index (χ3n) is 16.5. The Morgan fingerprint density at radius 3 is 1.74 bits per heavy atom. The molecule has 0 aromatic rings. The number of amides is 16. The first-order valence-corrected chi connectivity index (χ1v) is 33.9. The highest BCUT2D eigenvalue weighted by Crippen LogP contribution is 2.40. The van der Waals surface area contributed by atoms with Gasteiger partial charge in [-0.3, -0.25) is 96.7 Å². The van der Waals surface area contributed by atoms with E-state index in [9.17, 15) is 127 Å². The van der Waals surface area contributed by atoms with Gasteiger partial charge in [0.1, 0.15) is 66.2 Å². The fourth-order valence-electron chi connectivity index (χ4n) is 10.8. The molecule has 0 saturated carbocycles. The van der Waals surface area contributed by atoms with Crippen LogP contribution in [-0.2, 0) is 81.5 Å². The standard InChI is InChI=1S/C62H93N19O26/c63-16-3-1-7-33(72-60(103)42(29-85)78-62(105)43-15-18-65-52-38(71-48(91)13-12-47(64)90)21-32-22-45(88)46(89)23-44(32)81(43)52)53(96)67-24-49(92)70-35(9-5-19-79(106)30-86)57(100)77-41(28-84)61(104)76-40(27-83)55(98)68-25-50(93)69-34-8-2-4-17-66-54(97)39(26-82)75-59(102)37(11-14-51(94)95)74-58(101)36(73-56(34)99)10-6-20-80(107)31-87/h21-23,30-31,33-37,39-43,65,82-85,88,106-107H,1-20,24-29,63H2,(H2,64,90)(H,66,97)(H,67,96)(H,68,98)(H,69,93)(H,70,92)(H,71,91)(H,72,103)(H,73,99)(H,74,101)(H,75,102)(H,76,104)(H,77,100)(H,78,105)(H,94,95). The van der Waals surface area contributed by atoms with Gasteiger partial charge in [0.05, 0.1) is 50.9 Å². The first kappa shape index (κ1) is 88.1. The number of aliphatic carboxylic acids is 1. The lowest BCUT2D eigenvalue weighted by atomic mass is 10.0. The second-order valence-electron chi connectivity index (χ2n) is 24.6. The highest BCUT2D eigenvalue weighted by atomic mass is 16.5. The molecule has 16 amide bonds. The number of hydroxylamine groups is 4. The molecule has 3 aliphatic heterocycles. The molecule has 0 spiro atoms. The molecule has 1 fully saturated rings. The van der Waals surface area contributed by atoms with Crippen molar-refractivity contribution < 1.29 is 123 Å². The smallest absolute Gasteiger partial charge is 0.303 e. The summed E-state index contributed by atoms with van der Waals surface area (Å²) in [7, 11) is 0. The molecule has 10 unspecified atom stereocenters. The summed E-state index contributed by atoms with van der Waals surface area (Å²) < 4.78 is 1.33. The Hall–Kier alpha value is -11.3. The summed E-state index contributed by atoms with van der Waals surface area (Å²) in [6.45, 7) is -6.99. The molecule has 10 atom stereocenters. The number of pyridine rings is 1. The highest BCUT2D eigenvalue weighted by Gasteiger charge is 2.37. The normalized spacial score (nSPS) is 18.3. The Labute approximate surface area is 608 Å². The topological polar surface area (TPSA) is 701 Å². The Kier molecular flexibility index (Phi) is 37.2. The molecule has 1 aliphatic carbocycles. The van der Waals surface area contributed by atoms with Crippen molar-refractivity contribution >= 4 is 113 Å². The van der Waals surface area contributed by atoms with Crippen LogP contribution < -0.4 is 91.3 Å². The van der Waals surface area contributed by atoms with Crippen LogP contribution in [0.1, 0.15) is 102 Å². The summed E-state index contributed by atoms with van der Waals surface area (Å²) in [5.74, 6) is -16.5. The van der Waals surface area contributed by atoms with Gasteiger partial charge in [0.15, 0.2) is 5.75 Å². The van der Waals surface area contributed by atoms with Gasteiger partial charge in [-0.25, -0.2) is 10.1 Å². The van der Waals surface area contributed by atoms with Crippen LogP contribution in [0.25, 0.3) is 11.3 Å². The molecule has 4 rings (SSSR count). The number of carboxylic acid groups (broad SMARTS) is 1. The van der Waals surface area contributed by atoms with Crippen LogP contribution in [0.3, 0.4) is 0 Å². The van der Waals surface area contributed by atoms with E-state index in [4.69, 9.17) is 11.5 Å². The number of aliphatic hydroxyl groups is 4. The molecule has 3 heterocycles. The Bertz CT molecular complexity index is 3530. The van der Waals surface area contributed by atoms with E-state index in [1.54, 1.807) is 0 Å². The Balaban J connectivity index is 1.44. The van der Waals surface area contributed by atoms with E-state index >= 15 is 0 Å². The molecule has 45 nitrogen and oxygen atoms in total. The maximum Gasteiger partial charge on any atom is 0.303 e. The van der Waals surface area contributed by atoms with Gasteiger partial charge in [-0.1, -0.05) is 0 Å². The average molecular weight is 1520 g/mol. The van der Waals surface area contributed by atoms with Crippen molar-refractivity contribution in [3.8, 4) is 17.0 Å². The van der Waals surface area contributed by atoms with Gasteiger partial charge in [-0.05, 0) is 95.7 Å². The van der Waals surface area contributed by atoms with Gasteiger partial charge in [0, 0.05) is 57.1 Å². The van der Waals surface area contributed by atoms with Gasteiger partial charge in [0.2, 0.25) is 101 Å². The number of rotatable bonds is 41. The number of nitrogens with zero attached hydrogens (tertiary/aromatic N) is 3. The van der Waals surface area contributed by atoms with Gasteiger partial charge in [-0.2, -0.15) is 0 Å². The molecule has 0 aromatic heterocycles. The molecule has 1 saturated heterocycles. The fraction of sp³-hybridized carbons (Fsp3) is 0.581. The number of nitrogens with two attached hydrogens (primary N) is 2. The number of anilines is 2. The number of primary amides is 1. The summed E-state index contributed by atoms with van der Waals surface area (Å²) in [6, 6.07) is -13.0. The molecule has 0 bridgehead atoms. The van der Waals surface area contributed by atoms with Crippen LogP contribution in [0, 0.1) is 0 Å². The van der Waals surface area contributed by atoms with Crippen LogP contribution in [-0.4, -0.2) is 284 Å². The van der Waals surface area contributed by atoms with Crippen LogP contribution in [0.2, 0.25) is 0 Å². The first-order valence-electron chi connectivity index (χ1n) is 33.9. The van der Waals surface area contributed by atoms with Crippen molar-refractivity contribution in [2.24, 2.45) is 11.5 Å². The number of carboxylic acids is 1. The number of nitrogens with one attached hydrogen (secondary N) is 14. The minimum Gasteiger partial charge on any atom is -0.504 e. The molecule has 107 heavy (non-hydrogen) atoms. The number of aromatic nitrogens is 1. The molecule has 592 valence electrons. The first-order chi connectivity index (χ1) is 50.9. The molecule has 26 N–H and O–H groups in total. The summed E-state index contributed by atoms with van der Waals surface area (Å²) in [5, 5.41) is 114. The minimum absolute atomic E-state index is 0.0143. The van der Waals surface area contributed by atoms with Crippen LogP contribution in [0.5, 0.6) is 5.75 Å². The van der Waals surface area contributed by atoms with E-state index in [0.717, 1.165) is 12.1 Å². The number of benzene rings is 1. The maximum absolute atomic E-state index is 14.2. The van der Waals surface area contributed by atoms with Crippen molar-refractivity contribution in [2.75, 3.05) is 82.9 Å². The van der Waals surface area contributed by atoms with Gasteiger partial charge >= 0.3 is 5.97 Å². The van der Waals surface area contributed by atoms with Gasteiger partial charge in [0.25, 0.3) is 0 Å². The van der Waals surface area contributed by atoms with Crippen LogP contribution in [0.4, 0.5) is 11.5 Å². The monoisotopic (exact) mass is 1520 g/mol. The van der Waals surface area contributed by atoms with Crippen LogP contribution >= 0.6 is 0 Å². The lowest BCUT2D eigenvalue weighted by molar-refractivity contribution is -0.150. The minimum atomic E-state index is -1.98. The number of carbonyl (C=O) groups is 17. The molecule has 0 radical (unpaired) electrons. The molecule has 0 aromatic carbocycles. The number of fused-ring (bicyclic) bond motifs is 3. The summed E-state index contributed by atoms with van der Waals surface area (Å²) in [4.78, 5) is 234. The summed E-state index contributed by atoms with van der Waals surface area (Å²) >= 11 is 0. The predicted molar refractivity (Wildman–Crippen MR) is 364 cm³/mol. The zero-order chi connectivity index (χ0) is 79.4. The fourth-order valence-corrected chi connectivity index (χ4v) is 10.8. The van der Waals surface area contributed by atoms with Crippen LogP contribution in [0.15, 0.2) is 23.0 Å². The zero-order valence-electron chi connectivity index (χ0n) is 58.0. The second-order valence-corrected chi connectivity index (χ2v) is 24.6. The Morgan fingerprint density at radius 2 is 1.13 bits per heavy atom. The molecule has 4 aliphatic rings. The maximum atomic E-state index is 14.2. The van der Waals surface area contributed by atoms with Crippen molar-refractivity contribution in [3.05, 3.63) is 28.4 Å². The van der Waals surface area contributed by atoms with E-state index < -0.39 is 226 Å². The van der Waals surface area contributed by atoms with Gasteiger partial charge < -0.3 is 121 Å². The molecular formula is C62H93N19O26. The molecule has 45 heteroatoms. The van der Waals surface area contributed by atoms with Crippen molar-refractivity contribution in [1.29, 1.82) is 0 Å². The lowest BCUT2D eigenvalue weighted by Crippen LogP contribution is -2.60. The van der Waals surface area contributed by atoms with E-state index in [1.807, 2.05) is 0 Å². The number of phenolic OH excluding ortho intramolecular Hbond substituents is 1. The number of phenols is 1. The molecular weight excluding hydrogens is 1430 g/mol. The van der Waals surface area contributed by atoms with E-state index in [-0.39, 0.29) is 143 Å². The lowest BCUT2D eigenvalue weighted by Gasteiger charge is -2.34. The zero-order valence-corrected chi connectivity index (χ0v) is 58.0. The number of aliphatic hydroxyl groups excluding tert-OH is 4.